The highest BCUT2D eigenvalue weighted by Crippen LogP contribution is 2.32. The van der Waals surface area contributed by atoms with Crippen molar-refractivity contribution in [3.63, 3.8) is 0 Å². The molecule has 1 saturated heterocycles. The monoisotopic (exact) mass is 454 g/mol. The van der Waals surface area contributed by atoms with Crippen LogP contribution in [-0.4, -0.2) is 51.7 Å². The largest absolute Gasteiger partial charge is 0.378 e. The Balaban J connectivity index is 1.65. The van der Waals surface area contributed by atoms with Gasteiger partial charge < -0.3 is 20.3 Å². The molecule has 0 aliphatic carbocycles. The molecule has 0 radical (unpaired) electrons. The number of nitrogens with one attached hydrogen (secondary N) is 3. The van der Waals surface area contributed by atoms with Crippen LogP contribution in [-0.2, 0) is 14.8 Å². The predicted octanol–water partition coefficient (Wildman–Crippen LogP) is 3.02. The summed E-state index contributed by atoms with van der Waals surface area (Å²) in [5, 5.41) is 6.55. The van der Waals surface area contributed by atoms with E-state index >= 15 is 0 Å². The minimum Gasteiger partial charge on any atom is -0.378 e. The zero-order valence-corrected chi connectivity index (χ0v) is 18.8. The summed E-state index contributed by atoms with van der Waals surface area (Å²) in [6, 6.07) is 14.8. The number of aryl methyl sites for hydroxylation is 1. The molecule has 168 valence electrons. The number of ether oxygens (including phenoxy) is 1. The first-order chi connectivity index (χ1) is 15.4. The van der Waals surface area contributed by atoms with Crippen molar-refractivity contribution in [1.29, 1.82) is 0 Å². The van der Waals surface area contributed by atoms with Crippen LogP contribution in [0.3, 0.4) is 0 Å². The molecule has 1 aliphatic heterocycles. The number of hydrogen-bond acceptors (Lipinski definition) is 8. The molecule has 0 amide bonds. The van der Waals surface area contributed by atoms with E-state index in [0.717, 1.165) is 30.0 Å². The van der Waals surface area contributed by atoms with E-state index in [-0.39, 0.29) is 4.90 Å². The quantitative estimate of drug-likeness (QED) is 0.500. The van der Waals surface area contributed by atoms with Gasteiger partial charge in [0.25, 0.3) is 0 Å². The van der Waals surface area contributed by atoms with Crippen LogP contribution in [0.4, 0.5) is 28.7 Å². The molecule has 3 N–H and O–H groups in total. The Hall–Kier alpha value is -3.21. The lowest BCUT2D eigenvalue weighted by Gasteiger charge is -2.31. The van der Waals surface area contributed by atoms with Crippen molar-refractivity contribution in [3.8, 4) is 0 Å². The third kappa shape index (κ3) is 5.16. The van der Waals surface area contributed by atoms with Gasteiger partial charge in [-0.25, -0.2) is 23.1 Å². The van der Waals surface area contributed by atoms with Crippen LogP contribution < -0.4 is 20.3 Å². The molecular formula is C22H26N6O3S. The zero-order chi connectivity index (χ0) is 22.6. The summed E-state index contributed by atoms with van der Waals surface area (Å²) < 4.78 is 32.6. The highest BCUT2D eigenvalue weighted by Gasteiger charge is 2.19. The highest BCUT2D eigenvalue weighted by atomic mass is 32.2. The maximum Gasteiger partial charge on any atom is 0.240 e. The summed E-state index contributed by atoms with van der Waals surface area (Å²) in [6.07, 6.45) is 1.46. The van der Waals surface area contributed by atoms with E-state index in [4.69, 9.17) is 4.74 Å². The van der Waals surface area contributed by atoms with Crippen LogP contribution in [0.5, 0.6) is 0 Å². The van der Waals surface area contributed by atoms with Gasteiger partial charge in [-0.15, -0.1) is 0 Å². The van der Waals surface area contributed by atoms with Crippen molar-refractivity contribution in [3.05, 3.63) is 60.4 Å². The van der Waals surface area contributed by atoms with E-state index in [2.05, 4.69) is 30.2 Å². The van der Waals surface area contributed by atoms with E-state index < -0.39 is 10.0 Å². The summed E-state index contributed by atoms with van der Waals surface area (Å²) in [7, 11) is -2.20. The number of benzene rings is 2. The first kappa shape index (κ1) is 22.0. The van der Waals surface area contributed by atoms with Gasteiger partial charge in [-0.05, 0) is 49.9 Å². The minimum atomic E-state index is -3.59. The first-order valence-electron chi connectivity index (χ1n) is 10.3. The molecule has 1 aromatic heterocycles. The SMILES string of the molecule is CNS(=O)(=O)c1ccc(N2CCOCC2)c(Nc2cc(Nc3cccc(C)c3)ncn2)c1. The Morgan fingerprint density at radius 1 is 0.969 bits per heavy atom. The number of rotatable bonds is 7. The van der Waals surface area contributed by atoms with Crippen LogP contribution in [0.1, 0.15) is 5.56 Å². The Morgan fingerprint density at radius 2 is 1.72 bits per heavy atom. The summed E-state index contributed by atoms with van der Waals surface area (Å²) >= 11 is 0. The maximum absolute atomic E-state index is 12.4. The van der Waals surface area contributed by atoms with Crippen LogP contribution >= 0.6 is 0 Å². The second-order valence-electron chi connectivity index (χ2n) is 7.39. The van der Waals surface area contributed by atoms with Gasteiger partial charge in [-0.3, -0.25) is 0 Å². The number of hydrogen-bond donors (Lipinski definition) is 3. The normalized spacial score (nSPS) is 14.2. The fourth-order valence-electron chi connectivity index (χ4n) is 3.48. The van der Waals surface area contributed by atoms with Crippen LogP contribution in [0.2, 0.25) is 0 Å². The smallest absolute Gasteiger partial charge is 0.240 e. The van der Waals surface area contributed by atoms with Gasteiger partial charge in [0, 0.05) is 24.8 Å². The summed E-state index contributed by atoms with van der Waals surface area (Å²) in [5.74, 6) is 1.17. The molecule has 32 heavy (non-hydrogen) atoms. The molecule has 0 atom stereocenters. The second-order valence-corrected chi connectivity index (χ2v) is 9.28. The molecule has 10 heteroatoms. The minimum absolute atomic E-state index is 0.173. The molecule has 0 spiro atoms. The third-order valence-electron chi connectivity index (χ3n) is 5.12. The van der Waals surface area contributed by atoms with Crippen molar-refractivity contribution in [2.75, 3.05) is 48.9 Å². The maximum atomic E-state index is 12.4. The first-order valence-corrected chi connectivity index (χ1v) is 11.8. The van der Waals surface area contributed by atoms with Crippen molar-refractivity contribution >= 4 is 38.7 Å². The van der Waals surface area contributed by atoms with E-state index in [9.17, 15) is 8.42 Å². The molecular weight excluding hydrogens is 428 g/mol. The number of morpholine rings is 1. The number of aromatic nitrogens is 2. The Bertz CT molecular complexity index is 1200. The van der Waals surface area contributed by atoms with E-state index in [1.54, 1.807) is 18.2 Å². The lowest BCUT2D eigenvalue weighted by Crippen LogP contribution is -2.36. The van der Waals surface area contributed by atoms with E-state index in [1.807, 2.05) is 37.3 Å². The predicted molar refractivity (Wildman–Crippen MR) is 125 cm³/mol. The summed E-state index contributed by atoms with van der Waals surface area (Å²) in [6.45, 7) is 4.70. The van der Waals surface area contributed by atoms with Crippen molar-refractivity contribution in [1.82, 2.24) is 14.7 Å². The van der Waals surface area contributed by atoms with Gasteiger partial charge >= 0.3 is 0 Å². The Labute approximate surface area is 187 Å². The van der Waals surface area contributed by atoms with Gasteiger partial charge in [0.2, 0.25) is 10.0 Å². The van der Waals surface area contributed by atoms with Crippen molar-refractivity contribution in [2.24, 2.45) is 0 Å². The van der Waals surface area contributed by atoms with E-state index in [0.29, 0.717) is 30.5 Å². The van der Waals surface area contributed by atoms with Gasteiger partial charge in [0.15, 0.2) is 0 Å². The second kappa shape index (κ2) is 9.51. The van der Waals surface area contributed by atoms with Crippen molar-refractivity contribution in [2.45, 2.75) is 11.8 Å². The Morgan fingerprint density at radius 3 is 2.44 bits per heavy atom. The number of nitrogens with zero attached hydrogens (tertiary/aromatic N) is 3. The third-order valence-corrected chi connectivity index (χ3v) is 6.53. The highest BCUT2D eigenvalue weighted by molar-refractivity contribution is 7.89. The molecule has 1 aliphatic rings. The van der Waals surface area contributed by atoms with Gasteiger partial charge in [-0.2, -0.15) is 0 Å². The molecule has 2 heterocycles. The summed E-state index contributed by atoms with van der Waals surface area (Å²) in [4.78, 5) is 10.9. The molecule has 2 aromatic carbocycles. The topological polar surface area (TPSA) is 108 Å². The van der Waals surface area contributed by atoms with Crippen LogP contribution in [0.25, 0.3) is 0 Å². The Kier molecular flexibility index (Phi) is 6.54. The zero-order valence-electron chi connectivity index (χ0n) is 18.0. The van der Waals surface area contributed by atoms with E-state index in [1.165, 1.54) is 13.4 Å². The molecule has 3 aromatic rings. The average Bonchev–Trinajstić information content (AvgIpc) is 2.80. The molecule has 1 fully saturated rings. The summed E-state index contributed by atoms with van der Waals surface area (Å²) in [5.41, 5.74) is 3.59. The van der Waals surface area contributed by atoms with Gasteiger partial charge in [0.1, 0.15) is 18.0 Å². The van der Waals surface area contributed by atoms with Crippen molar-refractivity contribution < 1.29 is 13.2 Å². The lowest BCUT2D eigenvalue weighted by atomic mass is 10.2. The van der Waals surface area contributed by atoms with Gasteiger partial charge in [0.05, 0.1) is 29.5 Å². The van der Waals surface area contributed by atoms with Crippen LogP contribution in [0, 0.1) is 6.92 Å². The molecule has 4 rings (SSSR count). The number of anilines is 5. The molecule has 0 bridgehead atoms. The molecule has 9 nitrogen and oxygen atoms in total. The van der Waals surface area contributed by atoms with Gasteiger partial charge in [-0.1, -0.05) is 12.1 Å². The fraction of sp³-hybridized carbons (Fsp3) is 0.273. The average molecular weight is 455 g/mol. The molecule has 0 saturated carbocycles. The molecule has 0 unspecified atom stereocenters. The lowest BCUT2D eigenvalue weighted by molar-refractivity contribution is 0.123. The fourth-order valence-corrected chi connectivity index (χ4v) is 4.24. The number of sulfonamides is 1. The van der Waals surface area contributed by atoms with Crippen LogP contribution in [0.15, 0.2) is 59.8 Å². The standard InChI is InChI=1S/C22H26N6O3S/c1-16-4-3-5-17(12-16)26-21-14-22(25-15-24-21)27-19-13-18(32(29,30)23-2)6-7-20(19)28-8-10-31-11-9-28/h3-7,12-15,23H,8-11H2,1-2H3,(H2,24,25,26,27).